The predicted octanol–water partition coefficient (Wildman–Crippen LogP) is 4.11. The molecule has 0 saturated carbocycles. The van der Waals surface area contributed by atoms with E-state index in [0.717, 1.165) is 6.08 Å². The van der Waals surface area contributed by atoms with Crippen LogP contribution < -0.4 is 4.74 Å². The first-order valence-corrected chi connectivity index (χ1v) is 6.90. The zero-order valence-electron chi connectivity index (χ0n) is 11.2. The molecule has 9 heteroatoms. The molecule has 116 valence electrons. The van der Waals surface area contributed by atoms with E-state index in [-0.39, 0.29) is 16.8 Å². The van der Waals surface area contributed by atoms with Gasteiger partial charge in [-0.2, -0.15) is 18.2 Å². The molecule has 0 saturated heterocycles. The fourth-order valence-corrected chi connectivity index (χ4v) is 2.06. The van der Waals surface area contributed by atoms with Crippen molar-refractivity contribution in [3.63, 3.8) is 0 Å². The highest BCUT2D eigenvalue weighted by Gasteiger charge is 2.36. The quantitative estimate of drug-likeness (QED) is 0.752. The van der Waals surface area contributed by atoms with Gasteiger partial charge in [0.15, 0.2) is 6.17 Å². The molecule has 1 atom stereocenters. The number of nitrogens with zero attached hydrogens (tertiary/aromatic N) is 3. The first kappa shape index (κ1) is 16.0. The van der Waals surface area contributed by atoms with E-state index < -0.39 is 30.1 Å². The normalized spacial score (nSPS) is 19.5. The van der Waals surface area contributed by atoms with Gasteiger partial charge in [-0.25, -0.2) is 9.07 Å². The zero-order valence-corrected chi connectivity index (χ0v) is 12.7. The van der Waals surface area contributed by atoms with Gasteiger partial charge in [0, 0.05) is 6.42 Å². The van der Waals surface area contributed by atoms with Crippen LogP contribution in [0.3, 0.4) is 0 Å². The molecule has 0 radical (unpaired) electrons. The first-order valence-electron chi connectivity index (χ1n) is 6.11. The number of halogens is 5. The predicted molar refractivity (Wildman–Crippen MR) is 70.5 cm³/mol. The molecular formula is C12H12BrF4N3O. The minimum Gasteiger partial charge on any atom is -0.426 e. The lowest BCUT2D eigenvalue weighted by Crippen LogP contribution is -2.21. The molecule has 21 heavy (non-hydrogen) atoms. The molecule has 0 fully saturated rings. The van der Waals surface area contributed by atoms with Gasteiger partial charge < -0.3 is 4.74 Å². The standard InChI is InChI=1S/C12H12BrF4N3O/c1-6(2)20-11(18-10(13)19-20)21-9-5-7(12(15,16)17)3-4-8(9)14/h3,5-6,8H,4H2,1-2H3. The second-order valence-electron chi connectivity index (χ2n) is 4.71. The van der Waals surface area contributed by atoms with E-state index in [0.29, 0.717) is 6.08 Å². The summed E-state index contributed by atoms with van der Waals surface area (Å²) in [6.07, 6.45) is -5.12. The first-order chi connectivity index (χ1) is 9.68. The third-order valence-corrected chi connectivity index (χ3v) is 3.09. The average molecular weight is 370 g/mol. The van der Waals surface area contributed by atoms with Gasteiger partial charge in [0.1, 0.15) is 5.76 Å². The second kappa shape index (κ2) is 5.78. The average Bonchev–Trinajstić information content (AvgIpc) is 2.72. The minimum absolute atomic E-state index is 0.0609. The van der Waals surface area contributed by atoms with Gasteiger partial charge in [-0.05, 0) is 35.9 Å². The summed E-state index contributed by atoms with van der Waals surface area (Å²) in [4.78, 5) is 3.89. The van der Waals surface area contributed by atoms with Crippen molar-refractivity contribution >= 4 is 15.9 Å². The maximum atomic E-state index is 13.8. The van der Waals surface area contributed by atoms with Crippen LogP contribution in [-0.2, 0) is 0 Å². The SMILES string of the molecule is CC(C)n1nc(Br)nc1OC1=CC(C(F)(F)F)=CCC1F. The summed E-state index contributed by atoms with van der Waals surface area (Å²) in [5.41, 5.74) is -0.930. The summed E-state index contributed by atoms with van der Waals surface area (Å²) < 4.78 is 58.5. The molecule has 0 N–H and O–H groups in total. The van der Waals surface area contributed by atoms with Crippen LogP contribution in [0.4, 0.5) is 17.6 Å². The molecule has 1 aromatic rings. The molecular weight excluding hydrogens is 358 g/mol. The second-order valence-corrected chi connectivity index (χ2v) is 5.42. The summed E-state index contributed by atoms with van der Waals surface area (Å²) >= 11 is 3.05. The van der Waals surface area contributed by atoms with E-state index in [9.17, 15) is 17.6 Å². The smallest absolute Gasteiger partial charge is 0.416 e. The Hall–Kier alpha value is -1.38. The Bertz CT molecular complexity index is 592. The Balaban J connectivity index is 2.30. The van der Waals surface area contributed by atoms with Gasteiger partial charge >= 0.3 is 12.2 Å². The number of hydrogen-bond acceptors (Lipinski definition) is 3. The van der Waals surface area contributed by atoms with Crippen molar-refractivity contribution in [2.24, 2.45) is 0 Å². The lowest BCUT2D eigenvalue weighted by Gasteiger charge is -2.19. The third kappa shape index (κ3) is 3.63. The maximum Gasteiger partial charge on any atom is 0.416 e. The molecule has 1 aromatic heterocycles. The summed E-state index contributed by atoms with van der Waals surface area (Å²) in [5.74, 6) is -0.424. The van der Waals surface area contributed by atoms with Crippen molar-refractivity contribution in [2.75, 3.05) is 0 Å². The monoisotopic (exact) mass is 369 g/mol. The summed E-state index contributed by atoms with van der Waals surface area (Å²) in [7, 11) is 0. The van der Waals surface area contributed by atoms with E-state index in [4.69, 9.17) is 4.74 Å². The molecule has 1 unspecified atom stereocenters. The molecule has 1 aliphatic carbocycles. The van der Waals surface area contributed by atoms with Gasteiger partial charge in [-0.15, -0.1) is 5.10 Å². The van der Waals surface area contributed by atoms with E-state index in [2.05, 4.69) is 26.0 Å². The van der Waals surface area contributed by atoms with Crippen LogP contribution >= 0.6 is 15.9 Å². The highest BCUT2D eigenvalue weighted by molar-refractivity contribution is 9.10. The van der Waals surface area contributed by atoms with Crippen molar-refractivity contribution < 1.29 is 22.3 Å². The molecule has 0 aromatic carbocycles. The van der Waals surface area contributed by atoms with Crippen molar-refractivity contribution in [3.05, 3.63) is 28.2 Å². The summed E-state index contributed by atoms with van der Waals surface area (Å²) in [6.45, 7) is 3.58. The molecule has 0 aliphatic heterocycles. The fraction of sp³-hybridized carbons (Fsp3) is 0.500. The number of allylic oxidation sites excluding steroid dienone is 4. The Morgan fingerprint density at radius 3 is 2.67 bits per heavy atom. The molecule has 2 rings (SSSR count). The molecule has 0 spiro atoms. The number of ether oxygens (including phenoxy) is 1. The van der Waals surface area contributed by atoms with E-state index in [1.807, 2.05) is 0 Å². The largest absolute Gasteiger partial charge is 0.426 e. The van der Waals surface area contributed by atoms with Crippen molar-refractivity contribution in [1.82, 2.24) is 14.8 Å². The number of hydrogen-bond donors (Lipinski definition) is 0. The lowest BCUT2D eigenvalue weighted by atomic mass is 10.0. The van der Waals surface area contributed by atoms with Gasteiger partial charge in [-0.1, -0.05) is 6.08 Å². The zero-order chi connectivity index (χ0) is 15.8. The molecule has 1 aliphatic rings. The van der Waals surface area contributed by atoms with Crippen molar-refractivity contribution in [2.45, 2.75) is 38.7 Å². The Morgan fingerprint density at radius 2 is 2.10 bits per heavy atom. The topological polar surface area (TPSA) is 39.9 Å². The van der Waals surface area contributed by atoms with Crippen LogP contribution in [0.15, 0.2) is 28.2 Å². The Labute approximate surface area is 126 Å². The maximum absolute atomic E-state index is 13.8. The van der Waals surface area contributed by atoms with Crippen LogP contribution in [0, 0.1) is 0 Å². The van der Waals surface area contributed by atoms with Crippen LogP contribution in [0.5, 0.6) is 6.01 Å². The van der Waals surface area contributed by atoms with Gasteiger partial charge in [0.25, 0.3) is 0 Å². The van der Waals surface area contributed by atoms with Gasteiger partial charge in [0.2, 0.25) is 4.73 Å². The van der Waals surface area contributed by atoms with E-state index >= 15 is 0 Å². The molecule has 1 heterocycles. The fourth-order valence-electron chi connectivity index (χ4n) is 1.74. The van der Waals surface area contributed by atoms with Crippen molar-refractivity contribution in [1.29, 1.82) is 0 Å². The van der Waals surface area contributed by atoms with Crippen molar-refractivity contribution in [3.8, 4) is 6.01 Å². The molecule has 0 amide bonds. The minimum atomic E-state index is -4.54. The lowest BCUT2D eigenvalue weighted by molar-refractivity contribution is -0.0891. The molecule has 4 nitrogen and oxygen atoms in total. The molecule has 0 bridgehead atoms. The highest BCUT2D eigenvalue weighted by atomic mass is 79.9. The number of aromatic nitrogens is 3. The van der Waals surface area contributed by atoms with Crippen LogP contribution in [0.2, 0.25) is 0 Å². The van der Waals surface area contributed by atoms with Crippen LogP contribution in [-0.4, -0.2) is 27.1 Å². The van der Waals surface area contributed by atoms with Crippen LogP contribution in [0.25, 0.3) is 0 Å². The summed E-state index contributed by atoms with van der Waals surface area (Å²) in [6, 6.07) is -0.201. The number of alkyl halides is 4. The summed E-state index contributed by atoms with van der Waals surface area (Å²) in [5, 5.41) is 3.98. The van der Waals surface area contributed by atoms with Gasteiger partial charge in [-0.3, -0.25) is 0 Å². The van der Waals surface area contributed by atoms with E-state index in [1.54, 1.807) is 13.8 Å². The Morgan fingerprint density at radius 1 is 1.43 bits per heavy atom. The Kier molecular flexibility index (Phi) is 4.40. The third-order valence-electron chi connectivity index (χ3n) is 2.75. The number of rotatable bonds is 3. The highest BCUT2D eigenvalue weighted by Crippen LogP contribution is 2.33. The van der Waals surface area contributed by atoms with Crippen LogP contribution in [0.1, 0.15) is 26.3 Å². The van der Waals surface area contributed by atoms with Gasteiger partial charge in [0.05, 0.1) is 11.6 Å². The van der Waals surface area contributed by atoms with E-state index in [1.165, 1.54) is 4.68 Å².